The minimum absolute atomic E-state index is 0.270. The summed E-state index contributed by atoms with van der Waals surface area (Å²) in [5, 5.41) is 0.538. The zero-order chi connectivity index (χ0) is 11.8. The first-order chi connectivity index (χ1) is 8.24. The molecule has 84 valence electrons. The van der Waals surface area contributed by atoms with E-state index in [4.69, 9.17) is 11.6 Å². The Balaban J connectivity index is 2.18. The zero-order valence-electron chi connectivity index (χ0n) is 8.64. The fourth-order valence-electron chi connectivity index (χ4n) is 1.62. The lowest BCUT2D eigenvalue weighted by molar-refractivity contribution is 0.628. The van der Waals surface area contributed by atoms with Gasteiger partial charge < -0.3 is 0 Å². The number of halogens is 2. The van der Waals surface area contributed by atoms with Crippen molar-refractivity contribution < 1.29 is 4.39 Å². The van der Waals surface area contributed by atoms with Gasteiger partial charge in [0.2, 0.25) is 5.78 Å². The molecular formula is C12H7ClFN3. The summed E-state index contributed by atoms with van der Waals surface area (Å²) < 4.78 is 14.5. The molecule has 2 aromatic heterocycles. The number of rotatable bonds is 1. The molecule has 0 aliphatic heterocycles. The maximum Gasteiger partial charge on any atom is 0.235 e. The van der Waals surface area contributed by atoms with E-state index in [2.05, 4.69) is 9.97 Å². The summed E-state index contributed by atoms with van der Waals surface area (Å²) in [5.74, 6) is 0.255. The van der Waals surface area contributed by atoms with Crippen LogP contribution in [-0.4, -0.2) is 14.4 Å². The Labute approximate surface area is 102 Å². The highest BCUT2D eigenvalue weighted by molar-refractivity contribution is 6.29. The molecule has 0 saturated carbocycles. The van der Waals surface area contributed by atoms with Crippen LogP contribution in [0.15, 0.2) is 42.7 Å². The molecular weight excluding hydrogens is 241 g/mol. The van der Waals surface area contributed by atoms with Gasteiger partial charge in [-0.2, -0.15) is 0 Å². The van der Waals surface area contributed by atoms with Gasteiger partial charge in [0.1, 0.15) is 11.0 Å². The van der Waals surface area contributed by atoms with Gasteiger partial charge in [-0.05, 0) is 30.3 Å². The molecule has 0 amide bonds. The molecule has 5 heteroatoms. The van der Waals surface area contributed by atoms with Crippen LogP contribution >= 0.6 is 11.6 Å². The molecule has 3 rings (SSSR count). The third kappa shape index (κ3) is 1.76. The first kappa shape index (κ1) is 10.2. The van der Waals surface area contributed by atoms with Gasteiger partial charge in [-0.3, -0.25) is 4.40 Å². The van der Waals surface area contributed by atoms with E-state index in [1.54, 1.807) is 35.0 Å². The number of hydrogen-bond donors (Lipinski definition) is 0. The van der Waals surface area contributed by atoms with E-state index in [-0.39, 0.29) is 5.82 Å². The van der Waals surface area contributed by atoms with E-state index >= 15 is 0 Å². The predicted octanol–water partition coefficient (Wildman–Crippen LogP) is 3.19. The highest BCUT2D eigenvalue weighted by atomic mass is 35.5. The normalized spacial score (nSPS) is 10.9. The number of hydrogen-bond acceptors (Lipinski definition) is 2. The summed E-state index contributed by atoms with van der Waals surface area (Å²) >= 11 is 6.01. The number of benzene rings is 1. The zero-order valence-corrected chi connectivity index (χ0v) is 9.39. The molecule has 0 bridgehead atoms. The first-order valence-electron chi connectivity index (χ1n) is 4.99. The molecule has 3 aromatic rings. The molecule has 0 N–H and O–H groups in total. The van der Waals surface area contributed by atoms with Crippen LogP contribution in [0.25, 0.3) is 17.0 Å². The minimum Gasteiger partial charge on any atom is -0.273 e. The van der Waals surface area contributed by atoms with Crippen molar-refractivity contribution in [3.63, 3.8) is 0 Å². The summed E-state index contributed by atoms with van der Waals surface area (Å²) in [4.78, 5) is 8.42. The highest BCUT2D eigenvalue weighted by Gasteiger charge is 2.06. The molecule has 0 fully saturated rings. The number of imidazole rings is 1. The molecule has 0 aliphatic carbocycles. The van der Waals surface area contributed by atoms with Crippen LogP contribution in [0, 0.1) is 5.82 Å². The molecule has 0 unspecified atom stereocenters. The largest absolute Gasteiger partial charge is 0.273 e. The topological polar surface area (TPSA) is 30.2 Å². The summed E-state index contributed by atoms with van der Waals surface area (Å²) in [5.41, 5.74) is 1.54. The van der Waals surface area contributed by atoms with E-state index in [0.717, 1.165) is 5.56 Å². The third-order valence-electron chi connectivity index (χ3n) is 2.46. The van der Waals surface area contributed by atoms with Crippen LogP contribution in [0.4, 0.5) is 4.39 Å². The monoisotopic (exact) mass is 247 g/mol. The number of nitrogens with zero attached hydrogens (tertiary/aromatic N) is 3. The van der Waals surface area contributed by atoms with Crippen LogP contribution in [0.5, 0.6) is 0 Å². The molecule has 3 nitrogen and oxygen atoms in total. The van der Waals surface area contributed by atoms with Gasteiger partial charge in [0, 0.05) is 18.0 Å². The summed E-state index contributed by atoms with van der Waals surface area (Å²) in [6.07, 6.45) is 3.37. The number of aromatic nitrogens is 3. The van der Waals surface area contributed by atoms with Gasteiger partial charge >= 0.3 is 0 Å². The van der Waals surface area contributed by atoms with Crippen LogP contribution in [-0.2, 0) is 0 Å². The lowest BCUT2D eigenvalue weighted by Crippen LogP contribution is -1.86. The fraction of sp³-hybridized carbons (Fsp3) is 0. The molecule has 0 atom stereocenters. The summed E-state index contributed by atoms with van der Waals surface area (Å²) in [6, 6.07) is 7.82. The van der Waals surface area contributed by atoms with Gasteiger partial charge in [-0.15, -0.1) is 0 Å². The molecule has 0 radical (unpaired) electrons. The van der Waals surface area contributed by atoms with Crippen LogP contribution in [0.3, 0.4) is 0 Å². The molecule has 0 aliphatic rings. The van der Waals surface area contributed by atoms with Crippen LogP contribution in [0.2, 0.25) is 5.15 Å². The second kappa shape index (κ2) is 3.82. The lowest BCUT2D eigenvalue weighted by Gasteiger charge is -1.94. The van der Waals surface area contributed by atoms with Crippen molar-refractivity contribution in [2.24, 2.45) is 0 Å². The Kier molecular flexibility index (Phi) is 2.30. The highest BCUT2D eigenvalue weighted by Crippen LogP contribution is 2.20. The predicted molar refractivity (Wildman–Crippen MR) is 63.4 cm³/mol. The van der Waals surface area contributed by atoms with Crippen molar-refractivity contribution in [1.82, 2.24) is 14.4 Å². The molecule has 2 heterocycles. The molecule has 0 spiro atoms. The summed E-state index contributed by atoms with van der Waals surface area (Å²) in [6.45, 7) is 0. The van der Waals surface area contributed by atoms with Gasteiger partial charge in [0.05, 0.1) is 5.69 Å². The second-order valence-corrected chi connectivity index (χ2v) is 3.96. The maximum absolute atomic E-state index is 12.8. The summed E-state index contributed by atoms with van der Waals surface area (Å²) in [7, 11) is 0. The van der Waals surface area contributed by atoms with Crippen LogP contribution in [0.1, 0.15) is 0 Å². The average Bonchev–Trinajstić information content (AvgIpc) is 2.75. The van der Waals surface area contributed by atoms with Gasteiger partial charge in [-0.25, -0.2) is 14.4 Å². The Morgan fingerprint density at radius 2 is 1.88 bits per heavy atom. The van der Waals surface area contributed by atoms with Gasteiger partial charge in [-0.1, -0.05) is 11.6 Å². The number of fused-ring (bicyclic) bond motifs is 1. The van der Waals surface area contributed by atoms with E-state index in [0.29, 0.717) is 16.6 Å². The van der Waals surface area contributed by atoms with Crippen molar-refractivity contribution in [2.45, 2.75) is 0 Å². The maximum atomic E-state index is 12.8. The molecule has 0 saturated heterocycles. The Hall–Kier alpha value is -1.94. The SMILES string of the molecule is Fc1ccc(-c2cn3c(Cl)ccnc3n2)cc1. The Morgan fingerprint density at radius 1 is 1.12 bits per heavy atom. The standard InChI is InChI=1S/C12H7ClFN3/c13-11-5-6-15-12-16-10(7-17(11)12)8-1-3-9(14)4-2-8/h1-7H. The third-order valence-corrected chi connectivity index (χ3v) is 2.77. The van der Waals surface area contributed by atoms with Crippen LogP contribution < -0.4 is 0 Å². The Bertz CT molecular complexity index is 676. The van der Waals surface area contributed by atoms with E-state index in [9.17, 15) is 4.39 Å². The van der Waals surface area contributed by atoms with E-state index < -0.39 is 0 Å². The van der Waals surface area contributed by atoms with Gasteiger partial charge in [0.25, 0.3) is 0 Å². The van der Waals surface area contributed by atoms with E-state index in [1.165, 1.54) is 12.1 Å². The average molecular weight is 248 g/mol. The minimum atomic E-state index is -0.270. The van der Waals surface area contributed by atoms with Crippen molar-refractivity contribution in [3.8, 4) is 11.3 Å². The van der Waals surface area contributed by atoms with Crippen molar-refractivity contribution in [1.29, 1.82) is 0 Å². The smallest absolute Gasteiger partial charge is 0.235 e. The quantitative estimate of drug-likeness (QED) is 0.618. The first-order valence-corrected chi connectivity index (χ1v) is 5.37. The second-order valence-electron chi connectivity index (χ2n) is 3.57. The lowest BCUT2D eigenvalue weighted by atomic mass is 10.2. The van der Waals surface area contributed by atoms with E-state index in [1.807, 2.05) is 0 Å². The van der Waals surface area contributed by atoms with Gasteiger partial charge in [0.15, 0.2) is 0 Å². The van der Waals surface area contributed by atoms with Crippen molar-refractivity contribution >= 4 is 17.4 Å². The molecule has 17 heavy (non-hydrogen) atoms. The molecule has 1 aromatic carbocycles. The van der Waals surface area contributed by atoms with Crippen molar-refractivity contribution in [2.75, 3.05) is 0 Å². The Morgan fingerprint density at radius 3 is 2.59 bits per heavy atom. The van der Waals surface area contributed by atoms with Crippen molar-refractivity contribution in [3.05, 3.63) is 53.7 Å². The fourth-order valence-corrected chi connectivity index (χ4v) is 1.80.